The van der Waals surface area contributed by atoms with Gasteiger partial charge in [0.1, 0.15) is 18.3 Å². The summed E-state index contributed by atoms with van der Waals surface area (Å²) in [6.07, 6.45) is -7.33. The third-order valence-corrected chi connectivity index (χ3v) is 1.78. The molecule has 0 amide bonds. The first-order chi connectivity index (χ1) is 6.95. The first-order valence-corrected chi connectivity index (χ1v) is 4.45. The Morgan fingerprint density at radius 1 is 1.20 bits per heavy atom. The number of carbonyl (C=O) groups excluding carboxylic acids is 1. The van der Waals surface area contributed by atoms with Crippen molar-refractivity contribution in [2.24, 2.45) is 0 Å². The molecular formula is C8H16O7. The number of rotatable bonds is 6. The monoisotopic (exact) mass is 224 g/mol. The second-order valence-corrected chi connectivity index (χ2v) is 2.93. The number of hydrogen-bond donors (Lipinski definition) is 5. The van der Waals surface area contributed by atoms with Crippen molar-refractivity contribution in [1.82, 2.24) is 0 Å². The highest BCUT2D eigenvalue weighted by molar-refractivity contribution is 5.75. The lowest BCUT2D eigenvalue weighted by Crippen LogP contribution is -2.49. The molecule has 0 rings (SSSR count). The van der Waals surface area contributed by atoms with Gasteiger partial charge in [0.05, 0.1) is 13.2 Å². The lowest BCUT2D eigenvalue weighted by molar-refractivity contribution is -0.169. The lowest BCUT2D eigenvalue weighted by atomic mass is 10.0. The summed E-state index contributed by atoms with van der Waals surface area (Å²) in [5.74, 6) is -1.10. The molecule has 90 valence electrons. The quantitative estimate of drug-likeness (QED) is 0.304. The minimum absolute atomic E-state index is 0.0151. The average Bonchev–Trinajstić information content (AvgIpc) is 2.25. The largest absolute Gasteiger partial charge is 0.464 e. The van der Waals surface area contributed by atoms with Gasteiger partial charge in [-0.15, -0.1) is 0 Å². The first-order valence-electron chi connectivity index (χ1n) is 4.45. The third kappa shape index (κ3) is 4.10. The highest BCUT2D eigenvalue weighted by Crippen LogP contribution is 2.06. The summed E-state index contributed by atoms with van der Waals surface area (Å²) in [6, 6.07) is 0. The SMILES string of the molecule is CCOC(=O)C(O)C(O)C(O)C(O)CO. The van der Waals surface area contributed by atoms with Crippen LogP contribution in [0.3, 0.4) is 0 Å². The van der Waals surface area contributed by atoms with E-state index in [-0.39, 0.29) is 6.61 Å². The van der Waals surface area contributed by atoms with E-state index in [0.29, 0.717) is 0 Å². The van der Waals surface area contributed by atoms with E-state index in [2.05, 4.69) is 4.74 Å². The zero-order valence-electron chi connectivity index (χ0n) is 8.28. The lowest BCUT2D eigenvalue weighted by Gasteiger charge is -2.24. The summed E-state index contributed by atoms with van der Waals surface area (Å²) in [5.41, 5.74) is 0. The molecule has 0 aromatic heterocycles. The fourth-order valence-electron chi connectivity index (χ4n) is 0.889. The molecule has 5 N–H and O–H groups in total. The molecule has 4 atom stereocenters. The zero-order chi connectivity index (χ0) is 12.0. The Morgan fingerprint density at radius 2 is 1.73 bits per heavy atom. The molecule has 7 heteroatoms. The van der Waals surface area contributed by atoms with E-state index in [9.17, 15) is 9.90 Å². The fraction of sp³-hybridized carbons (Fsp3) is 0.875. The van der Waals surface area contributed by atoms with Crippen LogP contribution >= 0.6 is 0 Å². The van der Waals surface area contributed by atoms with E-state index in [1.807, 2.05) is 0 Å². The van der Waals surface area contributed by atoms with Crippen LogP contribution in [0.5, 0.6) is 0 Å². The van der Waals surface area contributed by atoms with Crippen molar-refractivity contribution in [3.05, 3.63) is 0 Å². The van der Waals surface area contributed by atoms with Crippen LogP contribution in [0.15, 0.2) is 0 Å². The van der Waals surface area contributed by atoms with Gasteiger partial charge in [-0.05, 0) is 6.92 Å². The molecule has 0 saturated carbocycles. The second kappa shape index (κ2) is 6.70. The normalized spacial score (nSPS) is 19.1. The number of ether oxygens (including phenoxy) is 1. The van der Waals surface area contributed by atoms with Gasteiger partial charge in [-0.3, -0.25) is 0 Å². The molecule has 0 heterocycles. The molecule has 0 aromatic rings. The van der Waals surface area contributed by atoms with Crippen molar-refractivity contribution < 1.29 is 35.1 Å². The molecule has 0 spiro atoms. The van der Waals surface area contributed by atoms with Gasteiger partial charge in [-0.1, -0.05) is 0 Å². The van der Waals surface area contributed by atoms with Crippen molar-refractivity contribution in [3.8, 4) is 0 Å². The summed E-state index contributed by atoms with van der Waals surface area (Å²) in [5, 5.41) is 44.9. The van der Waals surface area contributed by atoms with Crippen LogP contribution in [-0.4, -0.2) is 69.1 Å². The molecule has 15 heavy (non-hydrogen) atoms. The van der Waals surface area contributed by atoms with E-state index in [4.69, 9.17) is 20.4 Å². The third-order valence-electron chi connectivity index (χ3n) is 1.78. The van der Waals surface area contributed by atoms with Crippen LogP contribution in [0, 0.1) is 0 Å². The van der Waals surface area contributed by atoms with Crippen molar-refractivity contribution >= 4 is 5.97 Å². The highest BCUT2D eigenvalue weighted by atomic mass is 16.5. The number of hydrogen-bond acceptors (Lipinski definition) is 7. The smallest absolute Gasteiger partial charge is 0.337 e. The summed E-state index contributed by atoms with van der Waals surface area (Å²) in [6.45, 7) is 0.727. The Hall–Kier alpha value is -0.730. The zero-order valence-corrected chi connectivity index (χ0v) is 8.28. The molecular weight excluding hydrogens is 208 g/mol. The van der Waals surface area contributed by atoms with Crippen molar-refractivity contribution in [3.63, 3.8) is 0 Å². The van der Waals surface area contributed by atoms with Crippen LogP contribution in [-0.2, 0) is 9.53 Å². The number of aliphatic hydroxyl groups is 5. The van der Waals surface area contributed by atoms with Gasteiger partial charge in [0.15, 0.2) is 6.10 Å². The van der Waals surface area contributed by atoms with Crippen LogP contribution in [0.25, 0.3) is 0 Å². The maximum atomic E-state index is 10.9. The maximum Gasteiger partial charge on any atom is 0.337 e. The molecule has 0 fully saturated rings. The van der Waals surface area contributed by atoms with Crippen molar-refractivity contribution in [2.75, 3.05) is 13.2 Å². The summed E-state index contributed by atoms with van der Waals surface area (Å²) in [7, 11) is 0. The predicted molar refractivity (Wildman–Crippen MR) is 47.7 cm³/mol. The minimum atomic E-state index is -1.96. The summed E-state index contributed by atoms with van der Waals surface area (Å²) < 4.78 is 4.38. The highest BCUT2D eigenvalue weighted by Gasteiger charge is 2.34. The van der Waals surface area contributed by atoms with Crippen LogP contribution in [0.2, 0.25) is 0 Å². The molecule has 0 aliphatic carbocycles. The molecule has 0 aliphatic heterocycles. The molecule has 0 bridgehead atoms. The van der Waals surface area contributed by atoms with Gasteiger partial charge in [-0.2, -0.15) is 0 Å². The first kappa shape index (κ1) is 14.3. The van der Waals surface area contributed by atoms with Crippen LogP contribution in [0.1, 0.15) is 6.92 Å². The minimum Gasteiger partial charge on any atom is -0.464 e. The summed E-state index contributed by atoms with van der Waals surface area (Å²) >= 11 is 0. The average molecular weight is 224 g/mol. The van der Waals surface area contributed by atoms with Gasteiger partial charge in [-0.25, -0.2) is 4.79 Å². The number of carbonyl (C=O) groups is 1. The summed E-state index contributed by atoms with van der Waals surface area (Å²) in [4.78, 5) is 10.9. The second-order valence-electron chi connectivity index (χ2n) is 2.93. The van der Waals surface area contributed by atoms with Gasteiger partial charge < -0.3 is 30.3 Å². The fourth-order valence-corrected chi connectivity index (χ4v) is 0.889. The van der Waals surface area contributed by atoms with Gasteiger partial charge in [0.25, 0.3) is 0 Å². The Kier molecular flexibility index (Phi) is 6.37. The van der Waals surface area contributed by atoms with E-state index in [1.165, 1.54) is 6.92 Å². The van der Waals surface area contributed by atoms with Crippen molar-refractivity contribution in [2.45, 2.75) is 31.3 Å². The standard InChI is InChI=1S/C8H16O7/c1-2-15-8(14)7(13)6(12)5(11)4(10)3-9/h4-7,9-13H,2-3H2,1H3. The molecule has 0 aliphatic rings. The Morgan fingerprint density at radius 3 is 2.13 bits per heavy atom. The molecule has 0 saturated heterocycles. The van der Waals surface area contributed by atoms with Gasteiger partial charge in [0.2, 0.25) is 0 Å². The van der Waals surface area contributed by atoms with Gasteiger partial charge in [0, 0.05) is 0 Å². The van der Waals surface area contributed by atoms with E-state index < -0.39 is 37.0 Å². The van der Waals surface area contributed by atoms with Crippen LogP contribution < -0.4 is 0 Å². The predicted octanol–water partition coefficient (Wildman–Crippen LogP) is -3.01. The van der Waals surface area contributed by atoms with E-state index in [0.717, 1.165) is 0 Å². The number of esters is 1. The molecule has 4 unspecified atom stereocenters. The van der Waals surface area contributed by atoms with Crippen molar-refractivity contribution in [1.29, 1.82) is 0 Å². The van der Waals surface area contributed by atoms with Crippen LogP contribution in [0.4, 0.5) is 0 Å². The van der Waals surface area contributed by atoms with E-state index in [1.54, 1.807) is 0 Å². The number of aliphatic hydroxyl groups excluding tert-OH is 5. The molecule has 0 radical (unpaired) electrons. The van der Waals surface area contributed by atoms with E-state index >= 15 is 0 Å². The molecule has 7 nitrogen and oxygen atoms in total. The van der Waals surface area contributed by atoms with Gasteiger partial charge >= 0.3 is 5.97 Å². The Labute approximate surface area is 86.5 Å². The maximum absolute atomic E-state index is 10.9. The Balaban J connectivity index is 4.29. The molecule has 0 aromatic carbocycles. The Bertz CT molecular complexity index is 195. The topological polar surface area (TPSA) is 127 Å².